The number of aromatic nitrogens is 1. The number of likely N-dealkylation sites (N-methyl/N-ethyl adjacent to an activating group) is 1. The molecule has 4 aliphatic rings. The van der Waals surface area contributed by atoms with Crippen LogP contribution < -0.4 is 9.80 Å². The van der Waals surface area contributed by atoms with E-state index in [1.165, 1.54) is 6.92 Å². The van der Waals surface area contributed by atoms with Gasteiger partial charge in [-0.05, 0) is 48.9 Å². The molecule has 8 rings (SSSR count). The minimum absolute atomic E-state index is 0.00473. The third kappa shape index (κ3) is 2.97. The summed E-state index contributed by atoms with van der Waals surface area (Å²) in [4.78, 5) is 48.0. The van der Waals surface area contributed by atoms with E-state index in [0.717, 1.165) is 0 Å². The van der Waals surface area contributed by atoms with Gasteiger partial charge in [0, 0.05) is 46.7 Å². The summed E-state index contributed by atoms with van der Waals surface area (Å²) >= 11 is 8.27. The SMILES string of the molecule is Cc1noc([C@@H]2C3CSCN3[C@]3(C(=O)N(c4ccccc4)c4ccccc43)[C@@]23C(=O)N(C)c2ccc(Cl)cc23)c1[N+](=O)[O-]. The molecule has 4 atom stereocenters. The quantitative estimate of drug-likeness (QED) is 0.220. The van der Waals surface area contributed by atoms with Crippen molar-refractivity contribution in [3.05, 3.63) is 111 Å². The first-order valence-corrected chi connectivity index (χ1v) is 15.3. The van der Waals surface area contributed by atoms with Gasteiger partial charge in [0.2, 0.25) is 11.7 Å². The average molecular weight is 614 g/mol. The molecule has 4 aliphatic heterocycles. The summed E-state index contributed by atoms with van der Waals surface area (Å²) < 4.78 is 5.85. The van der Waals surface area contributed by atoms with Crippen molar-refractivity contribution in [3.8, 4) is 0 Å². The Bertz CT molecular complexity index is 1880. The number of anilines is 3. The molecule has 2 amide bonds. The molecule has 10 nitrogen and oxygen atoms in total. The maximum absolute atomic E-state index is 15.5. The number of amides is 2. The molecule has 0 saturated carbocycles. The number of benzene rings is 3. The highest BCUT2D eigenvalue weighted by atomic mass is 35.5. The first-order valence-electron chi connectivity index (χ1n) is 13.8. The van der Waals surface area contributed by atoms with Crippen molar-refractivity contribution in [1.82, 2.24) is 10.1 Å². The molecular weight excluding hydrogens is 590 g/mol. The Morgan fingerprint density at radius 1 is 1.02 bits per heavy atom. The summed E-state index contributed by atoms with van der Waals surface area (Å²) in [6.45, 7) is 1.52. The molecule has 4 aromatic rings. The number of nitrogens with zero attached hydrogens (tertiary/aromatic N) is 5. The number of carbonyl (C=O) groups excluding carboxylic acids is 2. The molecule has 43 heavy (non-hydrogen) atoms. The predicted octanol–water partition coefficient (Wildman–Crippen LogP) is 5.50. The Morgan fingerprint density at radius 3 is 2.53 bits per heavy atom. The molecule has 1 aromatic heterocycles. The van der Waals surface area contributed by atoms with Gasteiger partial charge in [-0.1, -0.05) is 53.2 Å². The summed E-state index contributed by atoms with van der Waals surface area (Å²) in [5, 5.41) is 16.9. The first kappa shape index (κ1) is 26.4. The lowest BCUT2D eigenvalue weighted by Crippen LogP contribution is -2.63. The van der Waals surface area contributed by atoms with Crippen LogP contribution in [0.1, 0.15) is 28.5 Å². The number of aryl methyl sites for hydroxylation is 1. The second kappa shape index (κ2) is 8.91. The van der Waals surface area contributed by atoms with Crippen LogP contribution in [0.15, 0.2) is 77.3 Å². The van der Waals surface area contributed by atoms with Crippen LogP contribution in [-0.2, 0) is 20.5 Å². The minimum atomic E-state index is -1.67. The molecule has 2 fully saturated rings. The molecule has 2 saturated heterocycles. The number of hydrogen-bond acceptors (Lipinski definition) is 8. The van der Waals surface area contributed by atoms with Gasteiger partial charge < -0.3 is 9.42 Å². The molecule has 216 valence electrons. The van der Waals surface area contributed by atoms with E-state index in [2.05, 4.69) is 10.1 Å². The maximum atomic E-state index is 15.5. The molecule has 0 radical (unpaired) electrons. The van der Waals surface area contributed by atoms with E-state index in [0.29, 0.717) is 44.8 Å². The van der Waals surface area contributed by atoms with Gasteiger partial charge in [-0.3, -0.25) is 29.5 Å². The summed E-state index contributed by atoms with van der Waals surface area (Å²) in [5.41, 5.74) is -0.297. The third-order valence-electron chi connectivity index (χ3n) is 9.54. The number of hydrogen-bond donors (Lipinski definition) is 0. The zero-order valence-electron chi connectivity index (χ0n) is 23.1. The largest absolute Gasteiger partial charge is 0.353 e. The molecule has 12 heteroatoms. The monoisotopic (exact) mass is 613 g/mol. The fraction of sp³-hybridized carbons (Fsp3) is 0.258. The zero-order valence-corrected chi connectivity index (χ0v) is 24.6. The fourth-order valence-corrected chi connectivity index (χ4v) is 9.58. The second-order valence-electron chi connectivity index (χ2n) is 11.3. The Balaban J connectivity index is 1.55. The Morgan fingerprint density at radius 2 is 1.77 bits per heavy atom. The molecule has 0 aliphatic carbocycles. The second-order valence-corrected chi connectivity index (χ2v) is 12.7. The van der Waals surface area contributed by atoms with E-state index in [-0.39, 0.29) is 29.0 Å². The van der Waals surface area contributed by atoms with E-state index in [9.17, 15) is 10.1 Å². The van der Waals surface area contributed by atoms with E-state index >= 15 is 9.59 Å². The normalized spacial score (nSPS) is 27.4. The van der Waals surface area contributed by atoms with Crippen molar-refractivity contribution in [2.75, 3.05) is 28.5 Å². The number of para-hydroxylation sites is 2. The van der Waals surface area contributed by atoms with Crippen LogP contribution in [0.4, 0.5) is 22.7 Å². The minimum Gasteiger partial charge on any atom is -0.353 e. The van der Waals surface area contributed by atoms with Crippen LogP contribution in [0.2, 0.25) is 5.02 Å². The van der Waals surface area contributed by atoms with Gasteiger partial charge in [-0.2, -0.15) is 0 Å². The van der Waals surface area contributed by atoms with Crippen LogP contribution in [0.25, 0.3) is 0 Å². The Labute approximate surface area is 255 Å². The topological polar surface area (TPSA) is 113 Å². The van der Waals surface area contributed by atoms with Crippen molar-refractivity contribution >= 4 is 57.9 Å². The van der Waals surface area contributed by atoms with Crippen molar-refractivity contribution in [2.24, 2.45) is 0 Å². The molecule has 5 heterocycles. The van der Waals surface area contributed by atoms with Crippen LogP contribution in [0.5, 0.6) is 0 Å². The third-order valence-corrected chi connectivity index (χ3v) is 10.8. The lowest BCUT2D eigenvalue weighted by atomic mass is 9.58. The summed E-state index contributed by atoms with van der Waals surface area (Å²) in [7, 11) is 1.67. The molecule has 0 N–H and O–H groups in total. The van der Waals surface area contributed by atoms with Gasteiger partial charge >= 0.3 is 5.69 Å². The van der Waals surface area contributed by atoms with Gasteiger partial charge in [0.05, 0.1) is 16.5 Å². The van der Waals surface area contributed by atoms with Crippen molar-refractivity contribution in [2.45, 2.75) is 29.8 Å². The highest BCUT2D eigenvalue weighted by Crippen LogP contribution is 2.72. The van der Waals surface area contributed by atoms with Gasteiger partial charge in [0.15, 0.2) is 5.69 Å². The molecule has 1 unspecified atom stereocenters. The molecule has 3 aromatic carbocycles. The van der Waals surface area contributed by atoms with Gasteiger partial charge in [0.1, 0.15) is 11.0 Å². The number of nitro groups is 1. The summed E-state index contributed by atoms with van der Waals surface area (Å²) in [6.07, 6.45) is 0. The van der Waals surface area contributed by atoms with Crippen molar-refractivity contribution in [3.63, 3.8) is 0 Å². The van der Waals surface area contributed by atoms with Gasteiger partial charge in [-0.25, -0.2) is 0 Å². The van der Waals surface area contributed by atoms with E-state index in [4.69, 9.17) is 16.1 Å². The molecule has 2 spiro atoms. The first-order chi connectivity index (χ1) is 20.8. The number of rotatable bonds is 3. The Kier molecular flexibility index (Phi) is 5.48. The lowest BCUT2D eigenvalue weighted by Gasteiger charge is -2.44. The van der Waals surface area contributed by atoms with Crippen molar-refractivity contribution in [1.29, 1.82) is 0 Å². The van der Waals surface area contributed by atoms with E-state index in [1.54, 1.807) is 46.8 Å². The fourth-order valence-electron chi connectivity index (χ4n) is 8.11. The Hall–Kier alpha value is -4.19. The lowest BCUT2D eigenvalue weighted by molar-refractivity contribution is -0.386. The van der Waals surface area contributed by atoms with Crippen LogP contribution in [0, 0.1) is 17.0 Å². The average Bonchev–Trinajstić information content (AvgIpc) is 3.77. The zero-order chi connectivity index (χ0) is 29.8. The van der Waals surface area contributed by atoms with E-state index in [1.807, 2.05) is 54.6 Å². The van der Waals surface area contributed by atoms with Crippen molar-refractivity contribution < 1.29 is 19.0 Å². The standard InChI is InChI=1S/C31H24ClN5O5S/c1-17-26(37(40)41)27(42-33-17)25-24-15-43-16-35(24)31(30(25)21-14-18(32)12-13-22(21)34(2)28(30)38)20-10-6-7-11-23(20)36(29(31)39)19-8-4-3-5-9-19/h3-14,24-25H,15-16H2,1-2H3/t24?,25-,30+,31+/m0/s1. The van der Waals surface area contributed by atoms with E-state index < -0.39 is 27.8 Å². The maximum Gasteiger partial charge on any atom is 0.334 e. The number of fused-ring (bicyclic) bond motifs is 7. The summed E-state index contributed by atoms with van der Waals surface area (Å²) in [5.74, 6) is -0.626. The van der Waals surface area contributed by atoms with Gasteiger partial charge in [-0.15, -0.1) is 11.8 Å². The summed E-state index contributed by atoms with van der Waals surface area (Å²) in [6, 6.07) is 21.6. The predicted molar refractivity (Wildman–Crippen MR) is 162 cm³/mol. The number of thioether (sulfide) groups is 1. The smallest absolute Gasteiger partial charge is 0.334 e. The van der Waals surface area contributed by atoms with Crippen LogP contribution >= 0.6 is 23.4 Å². The highest BCUT2D eigenvalue weighted by molar-refractivity contribution is 7.99. The number of halogens is 1. The molecular formula is C31H24ClN5O5S. The van der Waals surface area contributed by atoms with Crippen LogP contribution in [-0.4, -0.2) is 51.5 Å². The highest BCUT2D eigenvalue weighted by Gasteiger charge is 2.83. The molecule has 0 bridgehead atoms. The van der Waals surface area contributed by atoms with Gasteiger partial charge in [0.25, 0.3) is 5.91 Å². The number of carbonyl (C=O) groups is 2. The van der Waals surface area contributed by atoms with Crippen LogP contribution in [0.3, 0.4) is 0 Å².